The number of aromatic nitrogens is 1. The number of hydrogen-bond acceptors (Lipinski definition) is 5. The molecule has 1 heterocycles. The summed E-state index contributed by atoms with van der Waals surface area (Å²) < 4.78 is 13.5. The first-order valence-electron chi connectivity index (χ1n) is 10.4. The van der Waals surface area contributed by atoms with E-state index in [-0.39, 0.29) is 12.6 Å². The maximum Gasteiger partial charge on any atom is 0.340 e. The van der Waals surface area contributed by atoms with Gasteiger partial charge in [-0.15, -0.1) is 0 Å². The molecule has 3 rings (SSSR count). The third-order valence-corrected chi connectivity index (χ3v) is 5.75. The van der Waals surface area contributed by atoms with Gasteiger partial charge in [-0.05, 0) is 60.2 Å². The van der Waals surface area contributed by atoms with Crippen LogP contribution in [0.1, 0.15) is 43.7 Å². The minimum atomic E-state index is -0.427. The summed E-state index contributed by atoms with van der Waals surface area (Å²) in [5.74, 6) is -0.450. The minimum absolute atomic E-state index is 0.273. The zero-order valence-electron chi connectivity index (χ0n) is 18.3. The van der Waals surface area contributed by atoms with Gasteiger partial charge in [-0.1, -0.05) is 32.0 Å². The number of halogens is 1. The quantitative estimate of drug-likeness (QED) is 0.317. The summed E-state index contributed by atoms with van der Waals surface area (Å²) in [5, 5.41) is 0.684. The van der Waals surface area contributed by atoms with E-state index in [1.807, 2.05) is 36.4 Å². The van der Waals surface area contributed by atoms with Crippen molar-refractivity contribution in [3.63, 3.8) is 0 Å². The first-order chi connectivity index (χ1) is 14.9. The number of hydrogen-bond donors (Lipinski definition) is 0. The molecule has 2 aromatic carbocycles. The van der Waals surface area contributed by atoms with Crippen molar-refractivity contribution in [2.75, 3.05) is 19.7 Å². The normalized spacial score (nSPS) is 11.2. The van der Waals surface area contributed by atoms with Crippen LogP contribution in [0.5, 0.6) is 5.75 Å². The lowest BCUT2D eigenvalue weighted by atomic mass is 10.1. The van der Waals surface area contributed by atoms with E-state index in [0.29, 0.717) is 27.7 Å². The lowest BCUT2D eigenvalue weighted by molar-refractivity contribution is -0.131. The number of ether oxygens (including phenoxy) is 2. The number of carbonyl (C=O) groups is 2. The molecule has 0 aliphatic rings. The summed E-state index contributed by atoms with van der Waals surface area (Å²) in [5.41, 5.74) is 3.11. The van der Waals surface area contributed by atoms with E-state index in [1.165, 1.54) is 6.92 Å². The van der Waals surface area contributed by atoms with Crippen LogP contribution in [0.25, 0.3) is 16.6 Å². The van der Waals surface area contributed by atoms with Crippen molar-refractivity contribution in [1.82, 2.24) is 9.47 Å². The summed E-state index contributed by atoms with van der Waals surface area (Å²) in [6, 6.07) is 13.5. The van der Waals surface area contributed by atoms with Crippen LogP contribution in [0.4, 0.5) is 0 Å². The molecule has 31 heavy (non-hydrogen) atoms. The Morgan fingerprint density at radius 3 is 2.32 bits per heavy atom. The topological polar surface area (TPSA) is 60.8 Å². The molecule has 7 heteroatoms. The van der Waals surface area contributed by atoms with Gasteiger partial charge in [0, 0.05) is 24.5 Å². The lowest BCUT2D eigenvalue weighted by Gasteiger charge is -2.21. The molecule has 0 aliphatic carbocycles. The van der Waals surface area contributed by atoms with Crippen molar-refractivity contribution in [2.45, 2.75) is 34.2 Å². The highest BCUT2D eigenvalue weighted by molar-refractivity contribution is 9.10. The van der Waals surface area contributed by atoms with E-state index >= 15 is 0 Å². The number of carbonyl (C=O) groups excluding carboxylic acids is 2. The van der Waals surface area contributed by atoms with Crippen molar-refractivity contribution in [3.8, 4) is 11.4 Å². The Morgan fingerprint density at radius 1 is 1.06 bits per heavy atom. The monoisotopic (exact) mass is 486 g/mol. The van der Waals surface area contributed by atoms with Crippen molar-refractivity contribution < 1.29 is 19.1 Å². The molecule has 0 radical (unpaired) electrons. The molecule has 0 amide bonds. The predicted molar refractivity (Wildman–Crippen MR) is 125 cm³/mol. The third kappa shape index (κ3) is 4.83. The van der Waals surface area contributed by atoms with Crippen LogP contribution in [-0.2, 0) is 16.1 Å². The number of esters is 2. The van der Waals surface area contributed by atoms with Crippen molar-refractivity contribution in [3.05, 3.63) is 58.2 Å². The summed E-state index contributed by atoms with van der Waals surface area (Å²) in [4.78, 5) is 27.0. The molecule has 6 nitrogen and oxygen atoms in total. The van der Waals surface area contributed by atoms with Crippen LogP contribution in [0.2, 0.25) is 0 Å². The molecule has 164 valence electrons. The molecule has 3 aromatic rings. The average Bonchev–Trinajstić information content (AvgIpc) is 3.05. The number of fused-ring (bicyclic) bond motifs is 1. The molecule has 0 N–H and O–H groups in total. The molecular formula is C24H27BrN2O4. The highest BCUT2D eigenvalue weighted by atomic mass is 79.9. The average molecular weight is 487 g/mol. The molecule has 0 spiro atoms. The van der Waals surface area contributed by atoms with Crippen molar-refractivity contribution >= 4 is 38.8 Å². The fourth-order valence-electron chi connectivity index (χ4n) is 3.69. The van der Waals surface area contributed by atoms with Crippen LogP contribution in [-0.4, -0.2) is 41.1 Å². The minimum Gasteiger partial charge on any atom is -0.462 e. The SMILES string of the molecule is CCOC(=O)c1c(CN(CC)CC)n(-c2ccccc2)c2cc(Br)c(OC(C)=O)cc12. The fraction of sp³-hybridized carbons (Fsp3) is 0.333. The van der Waals surface area contributed by atoms with Gasteiger partial charge < -0.3 is 14.0 Å². The van der Waals surface area contributed by atoms with Gasteiger partial charge in [-0.3, -0.25) is 9.69 Å². The van der Waals surface area contributed by atoms with E-state index in [1.54, 1.807) is 13.0 Å². The molecule has 0 atom stereocenters. The Morgan fingerprint density at radius 2 is 1.74 bits per heavy atom. The Labute approximate surface area is 190 Å². The molecule has 0 aliphatic heterocycles. The summed E-state index contributed by atoms with van der Waals surface area (Å²) in [7, 11) is 0. The zero-order chi connectivity index (χ0) is 22.5. The van der Waals surface area contributed by atoms with Crippen LogP contribution in [0.15, 0.2) is 46.9 Å². The van der Waals surface area contributed by atoms with Crippen LogP contribution >= 0.6 is 15.9 Å². The molecule has 0 saturated carbocycles. The Kier molecular flexibility index (Phi) is 7.51. The van der Waals surface area contributed by atoms with Gasteiger partial charge in [0.15, 0.2) is 0 Å². The highest BCUT2D eigenvalue weighted by Crippen LogP contribution is 2.38. The first-order valence-corrected chi connectivity index (χ1v) is 11.2. The van der Waals surface area contributed by atoms with E-state index in [9.17, 15) is 9.59 Å². The smallest absolute Gasteiger partial charge is 0.340 e. The second kappa shape index (κ2) is 10.1. The number of para-hydroxylation sites is 1. The highest BCUT2D eigenvalue weighted by Gasteiger charge is 2.27. The summed E-state index contributed by atoms with van der Waals surface area (Å²) in [6.45, 7) is 9.87. The molecule has 0 bridgehead atoms. The van der Waals surface area contributed by atoms with Crippen LogP contribution in [0, 0.1) is 0 Å². The maximum atomic E-state index is 13.1. The predicted octanol–water partition coefficient (Wildman–Crippen LogP) is 5.34. The Balaban J connectivity index is 2.39. The second-order valence-electron chi connectivity index (χ2n) is 7.07. The Bertz CT molecular complexity index is 1090. The number of nitrogens with zero attached hydrogens (tertiary/aromatic N) is 2. The zero-order valence-corrected chi connectivity index (χ0v) is 19.9. The largest absolute Gasteiger partial charge is 0.462 e. The standard InChI is InChI=1S/C24H27BrN2O4/c1-5-26(6-2)15-21-23(24(29)30-7-3)18-13-22(31-16(4)28)19(25)14-20(18)27(21)17-11-9-8-10-12-17/h8-14H,5-7,15H2,1-4H3. The molecular weight excluding hydrogens is 460 g/mol. The lowest BCUT2D eigenvalue weighted by Crippen LogP contribution is -2.25. The number of benzene rings is 2. The third-order valence-electron chi connectivity index (χ3n) is 5.13. The first kappa shape index (κ1) is 23.0. The van der Waals surface area contributed by atoms with Gasteiger partial charge in [0.1, 0.15) is 5.75 Å². The fourth-order valence-corrected chi connectivity index (χ4v) is 4.10. The molecule has 0 saturated heterocycles. The van der Waals surface area contributed by atoms with Crippen molar-refractivity contribution in [1.29, 1.82) is 0 Å². The van der Waals surface area contributed by atoms with Gasteiger partial charge in [-0.25, -0.2) is 4.79 Å². The molecule has 0 fully saturated rings. The maximum absolute atomic E-state index is 13.1. The van der Waals surface area contributed by atoms with Crippen LogP contribution < -0.4 is 4.74 Å². The van der Waals surface area contributed by atoms with Crippen LogP contribution in [0.3, 0.4) is 0 Å². The van der Waals surface area contributed by atoms with E-state index < -0.39 is 5.97 Å². The molecule has 0 unspecified atom stereocenters. The number of rotatable bonds is 8. The van der Waals surface area contributed by atoms with E-state index in [2.05, 4.69) is 39.2 Å². The Hall–Kier alpha value is -2.64. The van der Waals surface area contributed by atoms with Gasteiger partial charge in [0.25, 0.3) is 0 Å². The summed E-state index contributed by atoms with van der Waals surface area (Å²) >= 11 is 3.52. The van der Waals surface area contributed by atoms with Gasteiger partial charge in [0.05, 0.1) is 27.9 Å². The summed E-state index contributed by atoms with van der Waals surface area (Å²) in [6.07, 6.45) is 0. The van der Waals surface area contributed by atoms with Gasteiger partial charge >= 0.3 is 11.9 Å². The van der Waals surface area contributed by atoms with E-state index in [0.717, 1.165) is 30.0 Å². The van der Waals surface area contributed by atoms with Gasteiger partial charge in [0.2, 0.25) is 0 Å². The molecule has 1 aromatic heterocycles. The van der Waals surface area contributed by atoms with Gasteiger partial charge in [-0.2, -0.15) is 0 Å². The van der Waals surface area contributed by atoms with E-state index in [4.69, 9.17) is 9.47 Å². The van der Waals surface area contributed by atoms with Crippen molar-refractivity contribution in [2.24, 2.45) is 0 Å². The second-order valence-corrected chi connectivity index (χ2v) is 7.92.